The number of nitrogens with one attached hydrogen (secondary N) is 1. The summed E-state index contributed by atoms with van der Waals surface area (Å²) in [6, 6.07) is 6.13. The van der Waals surface area contributed by atoms with Crippen molar-refractivity contribution in [2.45, 2.75) is 0 Å². The maximum absolute atomic E-state index is 10.9. The summed E-state index contributed by atoms with van der Waals surface area (Å²) in [5.74, 6) is 0.296. The van der Waals surface area contributed by atoms with Crippen molar-refractivity contribution in [3.63, 3.8) is 0 Å². The summed E-state index contributed by atoms with van der Waals surface area (Å²) in [4.78, 5) is 14.4. The van der Waals surface area contributed by atoms with Crippen molar-refractivity contribution < 1.29 is 9.66 Å². The molecule has 18 heavy (non-hydrogen) atoms. The standard InChI is InChI=1S/C11H10N4O3/c12-10(13)6-18-9-4-3-8(15(16)17)11-7(9)2-1-5-14-11/h1-5H,6H2,(H3,12,13). The molecule has 0 aliphatic heterocycles. The smallest absolute Gasteiger partial charge is 0.295 e. The van der Waals surface area contributed by atoms with Crippen LogP contribution in [-0.4, -0.2) is 22.3 Å². The van der Waals surface area contributed by atoms with Crippen LogP contribution in [0, 0.1) is 15.5 Å². The lowest BCUT2D eigenvalue weighted by Crippen LogP contribution is -2.19. The van der Waals surface area contributed by atoms with Crippen LogP contribution in [0.4, 0.5) is 5.69 Å². The predicted molar refractivity (Wildman–Crippen MR) is 65.8 cm³/mol. The van der Waals surface area contributed by atoms with Crippen molar-refractivity contribution >= 4 is 22.4 Å². The third-order valence-corrected chi connectivity index (χ3v) is 2.29. The Labute approximate surface area is 102 Å². The van der Waals surface area contributed by atoms with Crippen molar-refractivity contribution in [3.05, 3.63) is 40.6 Å². The molecule has 0 spiro atoms. The summed E-state index contributed by atoms with van der Waals surface area (Å²) >= 11 is 0. The summed E-state index contributed by atoms with van der Waals surface area (Å²) in [6.45, 7) is -0.0677. The van der Waals surface area contributed by atoms with E-state index in [2.05, 4.69) is 4.98 Å². The van der Waals surface area contributed by atoms with Gasteiger partial charge in [0.15, 0.2) is 5.52 Å². The number of hydrogen-bond donors (Lipinski definition) is 2. The minimum absolute atomic E-state index is 0.0677. The maximum atomic E-state index is 10.9. The Morgan fingerprint density at radius 1 is 1.50 bits per heavy atom. The lowest BCUT2D eigenvalue weighted by Gasteiger charge is -2.08. The van der Waals surface area contributed by atoms with Gasteiger partial charge < -0.3 is 10.5 Å². The molecule has 92 valence electrons. The first-order chi connectivity index (χ1) is 8.59. The number of nitro groups is 1. The molecule has 7 nitrogen and oxygen atoms in total. The first-order valence-electron chi connectivity index (χ1n) is 5.07. The molecule has 7 heteroatoms. The highest BCUT2D eigenvalue weighted by Gasteiger charge is 2.15. The number of amidine groups is 1. The Bertz CT molecular complexity index is 627. The minimum Gasteiger partial charge on any atom is -0.485 e. The van der Waals surface area contributed by atoms with E-state index in [4.69, 9.17) is 15.9 Å². The number of non-ortho nitro benzene ring substituents is 1. The fraction of sp³-hybridized carbons (Fsp3) is 0.0909. The second-order valence-electron chi connectivity index (χ2n) is 3.55. The Balaban J connectivity index is 2.53. The van der Waals surface area contributed by atoms with Crippen LogP contribution in [0.2, 0.25) is 0 Å². The number of nitro benzene ring substituents is 1. The van der Waals surface area contributed by atoms with E-state index in [-0.39, 0.29) is 23.6 Å². The molecule has 1 aromatic heterocycles. The largest absolute Gasteiger partial charge is 0.485 e. The van der Waals surface area contributed by atoms with Crippen molar-refractivity contribution in [2.24, 2.45) is 5.73 Å². The first kappa shape index (κ1) is 11.8. The molecular weight excluding hydrogens is 236 g/mol. The molecule has 2 aromatic rings. The molecule has 0 amide bonds. The molecular formula is C11H10N4O3. The number of hydrogen-bond acceptors (Lipinski definition) is 5. The molecule has 0 fully saturated rings. The lowest BCUT2D eigenvalue weighted by molar-refractivity contribution is -0.383. The average molecular weight is 246 g/mol. The Morgan fingerprint density at radius 2 is 2.28 bits per heavy atom. The second-order valence-corrected chi connectivity index (χ2v) is 3.55. The van der Waals surface area contributed by atoms with E-state index in [0.717, 1.165) is 0 Å². The molecule has 0 saturated heterocycles. The minimum atomic E-state index is -0.496. The fourth-order valence-electron chi connectivity index (χ4n) is 1.56. The van der Waals surface area contributed by atoms with Gasteiger partial charge in [-0.3, -0.25) is 15.5 Å². The van der Waals surface area contributed by atoms with Crippen molar-refractivity contribution in [2.75, 3.05) is 6.61 Å². The predicted octanol–water partition coefficient (Wildman–Crippen LogP) is 1.46. The van der Waals surface area contributed by atoms with Crippen LogP contribution in [-0.2, 0) is 0 Å². The zero-order chi connectivity index (χ0) is 13.1. The summed E-state index contributed by atoms with van der Waals surface area (Å²) in [7, 11) is 0. The van der Waals surface area contributed by atoms with Crippen molar-refractivity contribution in [1.82, 2.24) is 4.98 Å². The van der Waals surface area contributed by atoms with Gasteiger partial charge in [0.05, 0.1) is 4.92 Å². The van der Waals surface area contributed by atoms with Gasteiger partial charge in [0, 0.05) is 17.6 Å². The van der Waals surface area contributed by atoms with Crippen LogP contribution in [0.1, 0.15) is 0 Å². The third kappa shape index (κ3) is 2.19. The molecule has 0 atom stereocenters. The molecule has 0 unspecified atom stereocenters. The van der Waals surface area contributed by atoms with Crippen LogP contribution in [0.25, 0.3) is 10.9 Å². The number of pyridine rings is 1. The molecule has 2 rings (SSSR count). The molecule has 0 saturated carbocycles. The number of aromatic nitrogens is 1. The van der Waals surface area contributed by atoms with Crippen LogP contribution in [0.5, 0.6) is 5.75 Å². The number of nitrogens with zero attached hydrogens (tertiary/aromatic N) is 2. The molecule has 0 aliphatic carbocycles. The average Bonchev–Trinajstić information content (AvgIpc) is 2.35. The third-order valence-electron chi connectivity index (χ3n) is 2.29. The zero-order valence-electron chi connectivity index (χ0n) is 9.29. The Morgan fingerprint density at radius 3 is 2.94 bits per heavy atom. The first-order valence-corrected chi connectivity index (χ1v) is 5.07. The fourth-order valence-corrected chi connectivity index (χ4v) is 1.56. The number of nitrogens with two attached hydrogens (primary N) is 1. The second kappa shape index (κ2) is 4.66. The SMILES string of the molecule is N=C(N)COc1ccc([N+](=O)[O-])c2ncccc12. The van der Waals surface area contributed by atoms with Crippen LogP contribution < -0.4 is 10.5 Å². The van der Waals surface area contributed by atoms with Crippen LogP contribution >= 0.6 is 0 Å². The topological polar surface area (TPSA) is 115 Å². The number of rotatable bonds is 4. The number of ether oxygens (including phenoxy) is 1. The van der Waals surface area contributed by atoms with E-state index in [0.29, 0.717) is 11.1 Å². The number of benzene rings is 1. The number of fused-ring (bicyclic) bond motifs is 1. The maximum Gasteiger partial charge on any atom is 0.295 e. The van der Waals surface area contributed by atoms with Gasteiger partial charge in [-0.2, -0.15) is 0 Å². The highest BCUT2D eigenvalue weighted by molar-refractivity contribution is 5.92. The summed E-state index contributed by atoms with van der Waals surface area (Å²) in [5, 5.41) is 18.5. The van der Waals surface area contributed by atoms with E-state index in [1.807, 2.05) is 0 Å². The zero-order valence-corrected chi connectivity index (χ0v) is 9.29. The van der Waals surface area contributed by atoms with Gasteiger partial charge in [0.25, 0.3) is 5.69 Å². The van der Waals surface area contributed by atoms with Gasteiger partial charge in [-0.1, -0.05) is 0 Å². The van der Waals surface area contributed by atoms with Gasteiger partial charge in [-0.25, -0.2) is 4.98 Å². The van der Waals surface area contributed by atoms with Gasteiger partial charge in [-0.05, 0) is 18.2 Å². The van der Waals surface area contributed by atoms with E-state index in [9.17, 15) is 10.1 Å². The van der Waals surface area contributed by atoms with Gasteiger partial charge in [0.1, 0.15) is 18.2 Å². The lowest BCUT2D eigenvalue weighted by atomic mass is 10.1. The van der Waals surface area contributed by atoms with E-state index < -0.39 is 4.92 Å². The molecule has 0 radical (unpaired) electrons. The Hall–Kier alpha value is -2.70. The van der Waals surface area contributed by atoms with Crippen LogP contribution in [0.3, 0.4) is 0 Å². The van der Waals surface area contributed by atoms with Crippen LogP contribution in [0.15, 0.2) is 30.5 Å². The quantitative estimate of drug-likeness (QED) is 0.366. The molecule has 1 heterocycles. The highest BCUT2D eigenvalue weighted by Crippen LogP contribution is 2.31. The monoisotopic (exact) mass is 246 g/mol. The molecule has 1 aromatic carbocycles. The van der Waals surface area contributed by atoms with Gasteiger partial charge >= 0.3 is 0 Å². The molecule has 0 aliphatic rings. The summed E-state index contributed by atoms with van der Waals surface area (Å²) in [6.07, 6.45) is 1.48. The summed E-state index contributed by atoms with van der Waals surface area (Å²) < 4.78 is 5.30. The van der Waals surface area contributed by atoms with Gasteiger partial charge in [-0.15, -0.1) is 0 Å². The van der Waals surface area contributed by atoms with E-state index in [1.54, 1.807) is 12.1 Å². The normalized spacial score (nSPS) is 10.2. The van der Waals surface area contributed by atoms with Crippen molar-refractivity contribution in [1.29, 1.82) is 5.41 Å². The summed E-state index contributed by atoms with van der Waals surface area (Å²) in [5.41, 5.74) is 5.37. The Kier molecular flexibility index (Phi) is 3.05. The van der Waals surface area contributed by atoms with Gasteiger partial charge in [0.2, 0.25) is 0 Å². The molecule has 0 bridgehead atoms. The highest BCUT2D eigenvalue weighted by atomic mass is 16.6. The van der Waals surface area contributed by atoms with E-state index in [1.165, 1.54) is 18.3 Å². The van der Waals surface area contributed by atoms with E-state index >= 15 is 0 Å². The molecule has 3 N–H and O–H groups in total. The van der Waals surface area contributed by atoms with Crippen molar-refractivity contribution in [3.8, 4) is 5.75 Å².